The highest BCUT2D eigenvalue weighted by molar-refractivity contribution is 6.40. The molecule has 3 heterocycles. The van der Waals surface area contributed by atoms with Crippen LogP contribution in [0.2, 0.25) is 10.3 Å². The predicted molar refractivity (Wildman–Crippen MR) is 64.2 cm³/mol. The van der Waals surface area contributed by atoms with Crippen LogP contribution in [0.4, 0.5) is 0 Å². The third-order valence-electron chi connectivity index (χ3n) is 2.83. The molecule has 0 spiro atoms. The van der Waals surface area contributed by atoms with E-state index in [0.29, 0.717) is 21.3 Å². The van der Waals surface area contributed by atoms with Crippen LogP contribution in [-0.4, -0.2) is 26.4 Å². The van der Waals surface area contributed by atoms with Crippen molar-refractivity contribution in [2.75, 3.05) is 6.61 Å². The second-order valence-corrected chi connectivity index (χ2v) is 4.64. The number of halogens is 2. The van der Waals surface area contributed by atoms with Gasteiger partial charge in [-0.3, -0.25) is 0 Å². The second kappa shape index (κ2) is 4.40. The van der Waals surface area contributed by atoms with E-state index in [1.54, 1.807) is 4.68 Å². The van der Waals surface area contributed by atoms with Gasteiger partial charge in [0, 0.05) is 6.61 Å². The molecule has 0 aliphatic carbocycles. The van der Waals surface area contributed by atoms with E-state index < -0.39 is 0 Å². The highest BCUT2D eigenvalue weighted by atomic mass is 35.5. The Balaban J connectivity index is 2.13. The van der Waals surface area contributed by atoms with Gasteiger partial charge in [0.2, 0.25) is 0 Å². The lowest BCUT2D eigenvalue weighted by Crippen LogP contribution is -2.19. The quantitative estimate of drug-likeness (QED) is 0.750. The van der Waals surface area contributed by atoms with E-state index in [2.05, 4.69) is 15.1 Å². The first-order valence-electron chi connectivity index (χ1n) is 5.43. The Kier molecular flexibility index (Phi) is 2.90. The third kappa shape index (κ3) is 1.88. The molecule has 1 aliphatic rings. The molecule has 1 atom stereocenters. The highest BCUT2D eigenvalue weighted by Gasteiger charge is 2.22. The predicted octanol–water partition coefficient (Wildman–Crippen LogP) is 2.83. The van der Waals surface area contributed by atoms with Crippen LogP contribution in [0.15, 0.2) is 6.33 Å². The maximum atomic E-state index is 6.05. The Morgan fingerprint density at radius 2 is 2.12 bits per heavy atom. The second-order valence-electron chi connectivity index (χ2n) is 3.92. The summed E-state index contributed by atoms with van der Waals surface area (Å²) in [6.07, 6.45) is 4.41. The summed E-state index contributed by atoms with van der Waals surface area (Å²) in [6, 6.07) is 0. The molecule has 1 aliphatic heterocycles. The Morgan fingerprint density at radius 3 is 2.88 bits per heavy atom. The van der Waals surface area contributed by atoms with E-state index in [0.717, 1.165) is 25.9 Å². The molecule has 1 fully saturated rings. The number of aromatic nitrogens is 4. The van der Waals surface area contributed by atoms with Crippen molar-refractivity contribution in [2.45, 2.75) is 25.5 Å². The topological polar surface area (TPSA) is 52.8 Å². The van der Waals surface area contributed by atoms with Gasteiger partial charge >= 0.3 is 0 Å². The van der Waals surface area contributed by atoms with Crippen molar-refractivity contribution in [3.05, 3.63) is 16.6 Å². The van der Waals surface area contributed by atoms with Crippen LogP contribution < -0.4 is 0 Å². The summed E-state index contributed by atoms with van der Waals surface area (Å²) in [5, 5.41) is 5.47. The van der Waals surface area contributed by atoms with Crippen LogP contribution in [0.25, 0.3) is 11.0 Å². The number of nitrogens with zero attached hydrogens (tertiary/aromatic N) is 4. The standard InChI is InChI=1S/C10H10Cl2N4O/c11-8-7-9(12)15-16(10(7)14-5-13-8)6-3-1-2-4-17-6/h5-6H,1-4H2. The van der Waals surface area contributed by atoms with E-state index in [1.807, 2.05) is 0 Å². The molecule has 7 heteroatoms. The first-order chi connectivity index (χ1) is 8.27. The summed E-state index contributed by atoms with van der Waals surface area (Å²) in [5.41, 5.74) is 0.627. The molecule has 1 unspecified atom stereocenters. The molecule has 0 amide bonds. The van der Waals surface area contributed by atoms with Gasteiger partial charge in [0.1, 0.15) is 11.5 Å². The van der Waals surface area contributed by atoms with Gasteiger partial charge in [0.15, 0.2) is 17.0 Å². The average Bonchev–Trinajstić information content (AvgIpc) is 2.69. The normalized spacial score (nSPS) is 20.9. The zero-order chi connectivity index (χ0) is 11.8. The summed E-state index contributed by atoms with van der Waals surface area (Å²) in [5.74, 6) is 0. The largest absolute Gasteiger partial charge is 0.356 e. The lowest BCUT2D eigenvalue weighted by atomic mass is 10.2. The zero-order valence-corrected chi connectivity index (χ0v) is 10.4. The molecule has 0 saturated carbocycles. The third-order valence-corrected chi connectivity index (χ3v) is 3.38. The fourth-order valence-electron chi connectivity index (χ4n) is 2.02. The van der Waals surface area contributed by atoms with Crippen molar-refractivity contribution in [1.29, 1.82) is 0 Å². The van der Waals surface area contributed by atoms with Gasteiger partial charge in [0.25, 0.3) is 0 Å². The SMILES string of the molecule is Clc1ncnc2c1c(Cl)nn2C1CCCCO1. The number of rotatable bonds is 1. The van der Waals surface area contributed by atoms with Crippen LogP contribution in [-0.2, 0) is 4.74 Å². The Hall–Kier alpha value is -0.910. The summed E-state index contributed by atoms with van der Waals surface area (Å²) in [4.78, 5) is 8.08. The van der Waals surface area contributed by atoms with Crippen molar-refractivity contribution in [2.24, 2.45) is 0 Å². The highest BCUT2D eigenvalue weighted by Crippen LogP contribution is 2.31. The summed E-state index contributed by atoms with van der Waals surface area (Å²) in [7, 11) is 0. The van der Waals surface area contributed by atoms with Crippen molar-refractivity contribution >= 4 is 34.2 Å². The average molecular weight is 273 g/mol. The number of fused-ring (bicyclic) bond motifs is 1. The molecule has 0 aromatic carbocycles. The van der Waals surface area contributed by atoms with Gasteiger partial charge in [-0.25, -0.2) is 14.6 Å². The van der Waals surface area contributed by atoms with E-state index in [4.69, 9.17) is 27.9 Å². The maximum Gasteiger partial charge on any atom is 0.166 e. The minimum atomic E-state index is -0.107. The van der Waals surface area contributed by atoms with Gasteiger partial charge < -0.3 is 4.74 Å². The molecule has 2 aromatic rings. The molecule has 1 saturated heterocycles. The van der Waals surface area contributed by atoms with Crippen LogP contribution >= 0.6 is 23.2 Å². The van der Waals surface area contributed by atoms with Crippen LogP contribution in [0.1, 0.15) is 25.5 Å². The maximum absolute atomic E-state index is 6.05. The molecule has 3 rings (SSSR count). The summed E-state index contributed by atoms with van der Waals surface area (Å²) >= 11 is 12.0. The van der Waals surface area contributed by atoms with E-state index >= 15 is 0 Å². The first-order valence-corrected chi connectivity index (χ1v) is 6.19. The van der Waals surface area contributed by atoms with Crippen LogP contribution in [0.3, 0.4) is 0 Å². The molecule has 2 aromatic heterocycles. The van der Waals surface area contributed by atoms with Crippen LogP contribution in [0.5, 0.6) is 0 Å². The molecule has 90 valence electrons. The monoisotopic (exact) mass is 272 g/mol. The van der Waals surface area contributed by atoms with Gasteiger partial charge in [-0.05, 0) is 19.3 Å². The van der Waals surface area contributed by atoms with Gasteiger partial charge in [-0.2, -0.15) is 5.10 Å². The van der Waals surface area contributed by atoms with Crippen molar-refractivity contribution < 1.29 is 4.74 Å². The smallest absolute Gasteiger partial charge is 0.166 e. The number of hydrogen-bond donors (Lipinski definition) is 0. The van der Waals surface area contributed by atoms with E-state index in [-0.39, 0.29) is 6.23 Å². The van der Waals surface area contributed by atoms with Crippen molar-refractivity contribution in [1.82, 2.24) is 19.7 Å². The van der Waals surface area contributed by atoms with Crippen LogP contribution in [0, 0.1) is 0 Å². The van der Waals surface area contributed by atoms with E-state index in [1.165, 1.54) is 6.33 Å². The lowest BCUT2D eigenvalue weighted by molar-refractivity contribution is -0.0369. The lowest BCUT2D eigenvalue weighted by Gasteiger charge is -2.22. The van der Waals surface area contributed by atoms with Gasteiger partial charge in [-0.15, -0.1) is 0 Å². The van der Waals surface area contributed by atoms with Crippen molar-refractivity contribution in [3.63, 3.8) is 0 Å². The minimum absolute atomic E-state index is 0.107. The fraction of sp³-hybridized carbons (Fsp3) is 0.500. The molecule has 0 radical (unpaired) electrons. The Labute approximate surface area is 108 Å². The molecule has 0 N–H and O–H groups in total. The van der Waals surface area contributed by atoms with E-state index in [9.17, 15) is 0 Å². The number of ether oxygens (including phenoxy) is 1. The molecular formula is C10H10Cl2N4O. The molecule has 0 bridgehead atoms. The van der Waals surface area contributed by atoms with Crippen molar-refractivity contribution in [3.8, 4) is 0 Å². The zero-order valence-electron chi connectivity index (χ0n) is 8.94. The summed E-state index contributed by atoms with van der Waals surface area (Å²) < 4.78 is 7.36. The Morgan fingerprint density at radius 1 is 1.24 bits per heavy atom. The molecular weight excluding hydrogens is 263 g/mol. The molecule has 17 heavy (non-hydrogen) atoms. The van der Waals surface area contributed by atoms with Gasteiger partial charge in [0.05, 0.1) is 5.39 Å². The summed E-state index contributed by atoms with van der Waals surface area (Å²) in [6.45, 7) is 0.739. The Bertz CT molecular complexity index is 550. The van der Waals surface area contributed by atoms with Gasteiger partial charge in [-0.1, -0.05) is 23.2 Å². The first kappa shape index (κ1) is 11.2. The fourth-order valence-corrected chi connectivity index (χ4v) is 2.54. The number of hydrogen-bond acceptors (Lipinski definition) is 4. The minimum Gasteiger partial charge on any atom is -0.356 e. The molecule has 5 nitrogen and oxygen atoms in total.